The third-order valence-corrected chi connectivity index (χ3v) is 2.01. The van der Waals surface area contributed by atoms with Crippen molar-refractivity contribution < 1.29 is 9.53 Å². The maximum atomic E-state index is 10.7. The van der Waals surface area contributed by atoms with Gasteiger partial charge >= 0.3 is 6.09 Å². The second-order valence-corrected chi connectivity index (χ2v) is 3.15. The Balaban J connectivity index is 2.16. The normalized spacial score (nSPS) is 10.6. The SMILES string of the molecule is COC(=O)N/N=C/c1cnc2ccccc2n1. The van der Waals surface area contributed by atoms with Crippen molar-refractivity contribution in [2.45, 2.75) is 0 Å². The zero-order chi connectivity index (χ0) is 12.1. The zero-order valence-electron chi connectivity index (χ0n) is 9.12. The van der Waals surface area contributed by atoms with Crippen molar-refractivity contribution in [1.82, 2.24) is 15.4 Å². The van der Waals surface area contributed by atoms with Crippen LogP contribution in [0.1, 0.15) is 5.69 Å². The Bertz CT molecular complexity index is 568. The number of hydrazone groups is 1. The third kappa shape index (κ3) is 2.75. The second kappa shape index (κ2) is 5.02. The van der Waals surface area contributed by atoms with E-state index in [9.17, 15) is 4.79 Å². The van der Waals surface area contributed by atoms with Gasteiger partial charge in [0.1, 0.15) is 5.69 Å². The molecular weight excluding hydrogens is 220 g/mol. The number of carbonyl (C=O) groups is 1. The van der Waals surface area contributed by atoms with Crippen LogP contribution in [0.4, 0.5) is 4.79 Å². The fourth-order valence-corrected chi connectivity index (χ4v) is 1.23. The zero-order valence-corrected chi connectivity index (χ0v) is 9.12. The molecule has 0 radical (unpaired) electrons. The number of rotatable bonds is 2. The summed E-state index contributed by atoms with van der Waals surface area (Å²) >= 11 is 0. The number of benzene rings is 1. The summed E-state index contributed by atoms with van der Waals surface area (Å²) in [5.74, 6) is 0. The predicted octanol–water partition coefficient (Wildman–Crippen LogP) is 1.32. The average Bonchev–Trinajstić information content (AvgIpc) is 2.38. The van der Waals surface area contributed by atoms with Crippen molar-refractivity contribution in [3.63, 3.8) is 0 Å². The van der Waals surface area contributed by atoms with E-state index in [0.717, 1.165) is 11.0 Å². The van der Waals surface area contributed by atoms with Gasteiger partial charge in [0.05, 0.1) is 30.6 Å². The lowest BCUT2D eigenvalue weighted by atomic mass is 10.3. The van der Waals surface area contributed by atoms with Crippen LogP contribution in [-0.4, -0.2) is 29.4 Å². The number of para-hydroxylation sites is 2. The van der Waals surface area contributed by atoms with Crippen molar-refractivity contribution in [2.24, 2.45) is 5.10 Å². The first-order chi connectivity index (χ1) is 8.29. The Kier molecular flexibility index (Phi) is 3.25. The fraction of sp³-hybridized carbons (Fsp3) is 0.0909. The quantitative estimate of drug-likeness (QED) is 0.623. The van der Waals surface area contributed by atoms with Gasteiger partial charge in [0.15, 0.2) is 0 Å². The molecule has 0 aliphatic heterocycles. The number of hydrogen-bond donors (Lipinski definition) is 1. The minimum absolute atomic E-state index is 0.556. The highest BCUT2D eigenvalue weighted by Gasteiger charge is 1.97. The molecular formula is C11H10N4O2. The molecule has 1 aromatic carbocycles. The van der Waals surface area contributed by atoms with E-state index in [1.165, 1.54) is 13.3 Å². The number of amides is 1. The molecule has 1 aromatic heterocycles. The fourth-order valence-electron chi connectivity index (χ4n) is 1.23. The molecule has 1 heterocycles. The van der Waals surface area contributed by atoms with Crippen LogP contribution in [0.2, 0.25) is 0 Å². The molecule has 17 heavy (non-hydrogen) atoms. The van der Waals surface area contributed by atoms with Gasteiger partial charge < -0.3 is 4.74 Å². The van der Waals surface area contributed by atoms with Gasteiger partial charge in [0.25, 0.3) is 0 Å². The van der Waals surface area contributed by atoms with Gasteiger partial charge in [-0.15, -0.1) is 0 Å². The highest BCUT2D eigenvalue weighted by atomic mass is 16.5. The van der Waals surface area contributed by atoms with E-state index in [1.54, 1.807) is 6.20 Å². The van der Waals surface area contributed by atoms with Crippen molar-refractivity contribution in [3.05, 3.63) is 36.2 Å². The molecule has 1 amide bonds. The van der Waals surface area contributed by atoms with Gasteiger partial charge in [-0.25, -0.2) is 15.2 Å². The van der Waals surface area contributed by atoms with Crippen LogP contribution in [0.5, 0.6) is 0 Å². The van der Waals surface area contributed by atoms with Crippen LogP contribution >= 0.6 is 0 Å². The molecule has 0 aliphatic rings. The van der Waals surface area contributed by atoms with Gasteiger partial charge in [-0.1, -0.05) is 12.1 Å². The monoisotopic (exact) mass is 230 g/mol. The number of nitrogens with one attached hydrogen (secondary N) is 1. The summed E-state index contributed by atoms with van der Waals surface area (Å²) < 4.78 is 4.36. The van der Waals surface area contributed by atoms with Gasteiger partial charge in [-0.05, 0) is 12.1 Å². The minimum Gasteiger partial charge on any atom is -0.452 e. The van der Waals surface area contributed by atoms with Crippen LogP contribution in [-0.2, 0) is 4.74 Å². The largest absolute Gasteiger partial charge is 0.452 e. The highest BCUT2D eigenvalue weighted by molar-refractivity contribution is 5.82. The molecule has 1 N–H and O–H groups in total. The van der Waals surface area contributed by atoms with Gasteiger partial charge in [0, 0.05) is 0 Å². The van der Waals surface area contributed by atoms with E-state index in [-0.39, 0.29) is 0 Å². The standard InChI is InChI=1S/C11H10N4O2/c1-17-11(16)15-13-7-8-6-12-9-4-2-3-5-10(9)14-8/h2-7H,1H3,(H,15,16)/b13-7+. The van der Waals surface area contributed by atoms with Crippen LogP contribution in [0.25, 0.3) is 11.0 Å². The Hall–Kier alpha value is -2.50. The molecule has 0 bridgehead atoms. The third-order valence-electron chi connectivity index (χ3n) is 2.01. The molecule has 0 spiro atoms. The molecule has 0 aliphatic carbocycles. The number of nitrogens with zero attached hydrogens (tertiary/aromatic N) is 3. The molecule has 2 aromatic rings. The topological polar surface area (TPSA) is 76.5 Å². The van der Waals surface area contributed by atoms with E-state index in [2.05, 4.69) is 25.2 Å². The summed E-state index contributed by atoms with van der Waals surface area (Å²) in [6.45, 7) is 0. The predicted molar refractivity (Wildman–Crippen MR) is 62.7 cm³/mol. The molecule has 6 heteroatoms. The van der Waals surface area contributed by atoms with E-state index in [4.69, 9.17) is 0 Å². The number of hydrogen-bond acceptors (Lipinski definition) is 5. The molecule has 86 valence electrons. The van der Waals surface area contributed by atoms with Gasteiger partial charge in [-0.2, -0.15) is 5.10 Å². The first kappa shape index (κ1) is 11.0. The molecule has 0 saturated heterocycles. The van der Waals surface area contributed by atoms with Crippen LogP contribution in [0.3, 0.4) is 0 Å². The molecule has 0 fully saturated rings. The number of fused-ring (bicyclic) bond motifs is 1. The van der Waals surface area contributed by atoms with Crippen LogP contribution in [0, 0.1) is 0 Å². The summed E-state index contributed by atoms with van der Waals surface area (Å²) in [7, 11) is 1.26. The number of ether oxygens (including phenoxy) is 1. The van der Waals surface area contributed by atoms with Crippen molar-refractivity contribution >= 4 is 23.3 Å². The first-order valence-corrected chi connectivity index (χ1v) is 4.88. The van der Waals surface area contributed by atoms with Crippen LogP contribution < -0.4 is 5.43 Å². The Morgan fingerprint density at radius 3 is 2.94 bits per heavy atom. The van der Waals surface area contributed by atoms with E-state index >= 15 is 0 Å². The molecule has 0 saturated carbocycles. The molecule has 2 rings (SSSR count). The molecule has 6 nitrogen and oxygen atoms in total. The minimum atomic E-state index is -0.630. The Morgan fingerprint density at radius 2 is 2.18 bits per heavy atom. The lowest BCUT2D eigenvalue weighted by molar-refractivity contribution is 0.171. The maximum absolute atomic E-state index is 10.7. The second-order valence-electron chi connectivity index (χ2n) is 3.15. The lowest BCUT2D eigenvalue weighted by Gasteiger charge is -1.97. The number of carbonyl (C=O) groups excluding carboxylic acids is 1. The van der Waals surface area contributed by atoms with Gasteiger partial charge in [0.2, 0.25) is 0 Å². The van der Waals surface area contributed by atoms with Gasteiger partial charge in [-0.3, -0.25) is 4.98 Å². The smallest absolute Gasteiger partial charge is 0.427 e. The average molecular weight is 230 g/mol. The summed E-state index contributed by atoms with van der Waals surface area (Å²) in [5.41, 5.74) is 4.31. The van der Waals surface area contributed by atoms with E-state index < -0.39 is 6.09 Å². The van der Waals surface area contributed by atoms with Crippen molar-refractivity contribution in [3.8, 4) is 0 Å². The number of methoxy groups -OCH3 is 1. The summed E-state index contributed by atoms with van der Waals surface area (Å²) in [4.78, 5) is 19.2. The summed E-state index contributed by atoms with van der Waals surface area (Å²) in [5, 5.41) is 3.67. The Labute approximate surface area is 97.3 Å². The van der Waals surface area contributed by atoms with Crippen molar-refractivity contribution in [2.75, 3.05) is 7.11 Å². The number of aromatic nitrogens is 2. The van der Waals surface area contributed by atoms with E-state index in [0.29, 0.717) is 5.69 Å². The van der Waals surface area contributed by atoms with Crippen LogP contribution in [0.15, 0.2) is 35.6 Å². The Morgan fingerprint density at radius 1 is 1.41 bits per heavy atom. The lowest BCUT2D eigenvalue weighted by Crippen LogP contribution is -2.16. The maximum Gasteiger partial charge on any atom is 0.427 e. The molecule has 0 unspecified atom stereocenters. The molecule has 0 atom stereocenters. The highest BCUT2D eigenvalue weighted by Crippen LogP contribution is 2.07. The summed E-state index contributed by atoms with van der Waals surface area (Å²) in [6, 6.07) is 7.50. The summed E-state index contributed by atoms with van der Waals surface area (Å²) in [6.07, 6.45) is 2.34. The van der Waals surface area contributed by atoms with Crippen molar-refractivity contribution in [1.29, 1.82) is 0 Å². The van der Waals surface area contributed by atoms with E-state index in [1.807, 2.05) is 24.3 Å². The first-order valence-electron chi connectivity index (χ1n) is 4.88.